The van der Waals surface area contributed by atoms with Gasteiger partial charge in [0.25, 0.3) is 0 Å². The highest BCUT2D eigenvalue weighted by molar-refractivity contribution is 6.31. The Morgan fingerprint density at radius 3 is 2.58 bits per heavy atom. The molecule has 4 heteroatoms. The molecule has 0 radical (unpaired) electrons. The summed E-state index contributed by atoms with van der Waals surface area (Å²) in [7, 11) is 1.74. The van der Waals surface area contributed by atoms with E-state index in [0.29, 0.717) is 10.9 Å². The number of hydrogen-bond donors (Lipinski definition) is 0. The first-order valence-corrected chi connectivity index (χ1v) is 10.3. The fraction of sp³-hybridized carbons (Fsp3) is 0.0741. The summed E-state index contributed by atoms with van der Waals surface area (Å²) in [6, 6.07) is 21.7. The normalized spacial score (nSPS) is 12.6. The molecule has 2 aromatic carbocycles. The molecule has 1 aromatic heterocycles. The topological polar surface area (TPSA) is 37.6 Å². The van der Waals surface area contributed by atoms with Gasteiger partial charge in [0.2, 0.25) is 0 Å². The summed E-state index contributed by atoms with van der Waals surface area (Å²) in [6.07, 6.45) is 12.2. The molecule has 0 saturated carbocycles. The van der Waals surface area contributed by atoms with Gasteiger partial charge in [0.15, 0.2) is 5.84 Å². The highest BCUT2D eigenvalue weighted by atomic mass is 35.5. The number of pyridine rings is 1. The summed E-state index contributed by atoms with van der Waals surface area (Å²) in [5.41, 5.74) is 4.91. The van der Waals surface area contributed by atoms with Crippen molar-refractivity contribution >= 4 is 29.2 Å². The Kier molecular flexibility index (Phi) is 8.27. The third kappa shape index (κ3) is 6.73. The van der Waals surface area contributed by atoms with Crippen LogP contribution in [0.5, 0.6) is 0 Å². The summed E-state index contributed by atoms with van der Waals surface area (Å²) in [4.78, 5) is 13.3. The number of rotatable bonds is 7. The Labute approximate surface area is 188 Å². The molecule has 3 rings (SSSR count). The van der Waals surface area contributed by atoms with Crippen LogP contribution in [0.2, 0.25) is 5.02 Å². The molecule has 3 nitrogen and oxygen atoms in total. The first-order valence-electron chi connectivity index (χ1n) is 9.96. The summed E-state index contributed by atoms with van der Waals surface area (Å²) < 4.78 is 0. The standard InChI is InChI=1S/C27H24ClN3/c1-3-10-23(26-15-7-8-16-30-26)14-9-11-21-17-22(19-25(28)18-21)20-31-27(29-2)24-12-5-4-6-13-24/h3-10,12-20H,1,11H2,2H3/b14-9-,23-10+,29-27?,31-20?. The molecule has 31 heavy (non-hydrogen) atoms. The van der Waals surface area contributed by atoms with Crippen LogP contribution in [0.25, 0.3) is 5.57 Å². The van der Waals surface area contributed by atoms with E-state index in [4.69, 9.17) is 11.6 Å². The molecule has 0 atom stereocenters. The number of nitrogens with zero attached hydrogens (tertiary/aromatic N) is 3. The molecule has 0 aliphatic heterocycles. The lowest BCUT2D eigenvalue weighted by Gasteiger charge is -2.04. The largest absolute Gasteiger partial charge is 0.270 e. The third-order valence-electron chi connectivity index (χ3n) is 4.47. The lowest BCUT2D eigenvalue weighted by molar-refractivity contribution is 1.25. The average molecular weight is 426 g/mol. The van der Waals surface area contributed by atoms with Gasteiger partial charge in [-0.2, -0.15) is 0 Å². The molecule has 0 amide bonds. The molecule has 0 spiro atoms. The summed E-state index contributed by atoms with van der Waals surface area (Å²) in [5, 5.41) is 0.675. The van der Waals surface area contributed by atoms with Crippen molar-refractivity contribution in [3.05, 3.63) is 131 Å². The molecule has 0 unspecified atom stereocenters. The Balaban J connectivity index is 1.76. The molecule has 0 N–H and O–H groups in total. The number of allylic oxidation sites excluding steroid dienone is 5. The molecule has 0 fully saturated rings. The zero-order valence-electron chi connectivity index (χ0n) is 17.4. The Hall–Kier alpha value is -3.56. The van der Waals surface area contributed by atoms with Crippen LogP contribution in [-0.2, 0) is 6.42 Å². The van der Waals surface area contributed by atoms with Gasteiger partial charge in [-0.1, -0.05) is 78.9 Å². The molecular weight excluding hydrogens is 402 g/mol. The minimum atomic E-state index is 0.675. The van der Waals surface area contributed by atoms with Gasteiger partial charge in [0.05, 0.1) is 5.69 Å². The minimum absolute atomic E-state index is 0.675. The van der Waals surface area contributed by atoms with Crippen LogP contribution < -0.4 is 0 Å². The Morgan fingerprint density at radius 2 is 1.87 bits per heavy atom. The van der Waals surface area contributed by atoms with Gasteiger partial charge < -0.3 is 0 Å². The molecule has 3 aromatic rings. The van der Waals surface area contributed by atoms with Gasteiger partial charge in [0, 0.05) is 30.0 Å². The summed E-state index contributed by atoms with van der Waals surface area (Å²) >= 11 is 6.35. The zero-order chi connectivity index (χ0) is 21.9. The first kappa shape index (κ1) is 22.1. The monoisotopic (exact) mass is 425 g/mol. The predicted molar refractivity (Wildman–Crippen MR) is 133 cm³/mol. The number of aliphatic imine (C=N–C) groups is 2. The molecule has 154 valence electrons. The van der Waals surface area contributed by atoms with E-state index in [1.165, 1.54) is 0 Å². The molecular formula is C27H24ClN3. The average Bonchev–Trinajstić information content (AvgIpc) is 2.80. The highest BCUT2D eigenvalue weighted by Gasteiger charge is 2.02. The van der Waals surface area contributed by atoms with E-state index >= 15 is 0 Å². The summed E-state index contributed by atoms with van der Waals surface area (Å²) in [5.74, 6) is 0.677. The van der Waals surface area contributed by atoms with Crippen LogP contribution in [0.4, 0.5) is 0 Å². The van der Waals surface area contributed by atoms with Crippen molar-refractivity contribution in [2.75, 3.05) is 7.05 Å². The number of benzene rings is 2. The van der Waals surface area contributed by atoms with Crippen molar-refractivity contribution in [2.45, 2.75) is 6.42 Å². The van der Waals surface area contributed by atoms with Gasteiger partial charge >= 0.3 is 0 Å². The second kappa shape index (κ2) is 11.6. The summed E-state index contributed by atoms with van der Waals surface area (Å²) in [6.45, 7) is 3.80. The number of hydrogen-bond acceptors (Lipinski definition) is 2. The molecule has 0 aliphatic carbocycles. The van der Waals surface area contributed by atoms with Gasteiger partial charge in [0.1, 0.15) is 0 Å². The van der Waals surface area contributed by atoms with Gasteiger partial charge in [-0.15, -0.1) is 0 Å². The van der Waals surface area contributed by atoms with Crippen molar-refractivity contribution in [2.24, 2.45) is 9.98 Å². The lowest BCUT2D eigenvalue weighted by Crippen LogP contribution is -1.98. The van der Waals surface area contributed by atoms with Crippen LogP contribution in [0.1, 0.15) is 22.4 Å². The molecule has 0 bridgehead atoms. The Morgan fingerprint density at radius 1 is 1.06 bits per heavy atom. The quantitative estimate of drug-likeness (QED) is 0.239. The van der Waals surface area contributed by atoms with Crippen molar-refractivity contribution in [3.8, 4) is 0 Å². The van der Waals surface area contributed by atoms with E-state index in [9.17, 15) is 0 Å². The first-order chi connectivity index (χ1) is 15.2. The van der Waals surface area contributed by atoms with Crippen molar-refractivity contribution in [1.29, 1.82) is 0 Å². The van der Waals surface area contributed by atoms with Crippen LogP contribution in [-0.4, -0.2) is 24.1 Å². The maximum atomic E-state index is 6.35. The number of aromatic nitrogens is 1. The maximum Gasteiger partial charge on any atom is 0.154 e. The smallest absolute Gasteiger partial charge is 0.154 e. The van der Waals surface area contributed by atoms with Gasteiger partial charge in [-0.3, -0.25) is 9.98 Å². The second-order valence-electron chi connectivity index (χ2n) is 6.74. The predicted octanol–water partition coefficient (Wildman–Crippen LogP) is 6.60. The van der Waals surface area contributed by atoms with E-state index in [2.05, 4.69) is 39.8 Å². The van der Waals surface area contributed by atoms with Gasteiger partial charge in [-0.25, -0.2) is 4.99 Å². The fourth-order valence-corrected chi connectivity index (χ4v) is 3.33. The van der Waals surface area contributed by atoms with Crippen molar-refractivity contribution in [3.63, 3.8) is 0 Å². The lowest BCUT2D eigenvalue weighted by atomic mass is 10.1. The number of amidine groups is 1. The molecule has 0 saturated heterocycles. The number of halogens is 1. The van der Waals surface area contributed by atoms with Crippen LogP contribution in [0.15, 0.2) is 114 Å². The van der Waals surface area contributed by atoms with E-state index in [1.54, 1.807) is 25.5 Å². The minimum Gasteiger partial charge on any atom is -0.270 e. The SMILES string of the molecule is C=C/C=C(\C=C/Cc1cc(Cl)cc(C=NC(=NC)c2ccccc2)c1)c1ccccn1. The maximum absolute atomic E-state index is 6.35. The van der Waals surface area contributed by atoms with E-state index in [0.717, 1.165) is 34.4 Å². The van der Waals surface area contributed by atoms with E-state index in [1.807, 2.05) is 66.7 Å². The third-order valence-corrected chi connectivity index (χ3v) is 4.69. The van der Waals surface area contributed by atoms with Crippen LogP contribution >= 0.6 is 11.6 Å². The Bertz CT molecular complexity index is 1130. The van der Waals surface area contributed by atoms with Crippen molar-refractivity contribution < 1.29 is 0 Å². The van der Waals surface area contributed by atoms with Crippen LogP contribution in [0.3, 0.4) is 0 Å². The highest BCUT2D eigenvalue weighted by Crippen LogP contribution is 2.17. The van der Waals surface area contributed by atoms with E-state index in [-0.39, 0.29) is 0 Å². The zero-order valence-corrected chi connectivity index (χ0v) is 18.2. The van der Waals surface area contributed by atoms with Gasteiger partial charge in [-0.05, 0) is 53.5 Å². The molecule has 1 heterocycles. The fourth-order valence-electron chi connectivity index (χ4n) is 3.06. The van der Waals surface area contributed by atoms with Crippen molar-refractivity contribution in [1.82, 2.24) is 4.98 Å². The van der Waals surface area contributed by atoms with Crippen LogP contribution in [0, 0.1) is 0 Å². The van der Waals surface area contributed by atoms with E-state index < -0.39 is 0 Å². The molecule has 0 aliphatic rings. The second-order valence-corrected chi connectivity index (χ2v) is 7.18.